The summed E-state index contributed by atoms with van der Waals surface area (Å²) in [6.45, 7) is 2.36. The zero-order valence-corrected chi connectivity index (χ0v) is 17.0. The Labute approximate surface area is 167 Å². The average molecular weight is 438 g/mol. The van der Waals surface area contributed by atoms with Gasteiger partial charge in [0.15, 0.2) is 0 Å². The highest BCUT2D eigenvalue weighted by atomic mass is 79.9. The number of carbonyl (C=O) groups excluding carboxylic acids is 1. The molecule has 0 saturated carbocycles. The molecule has 1 fully saturated rings. The Hall–Kier alpha value is -1.56. The summed E-state index contributed by atoms with van der Waals surface area (Å²) in [6, 6.07) is 15.9. The second-order valence-corrected chi connectivity index (χ2v) is 7.89. The fourth-order valence-corrected chi connectivity index (χ4v) is 3.98. The Kier molecular flexibility index (Phi) is 6.22. The van der Waals surface area contributed by atoms with Crippen LogP contribution >= 0.6 is 27.5 Å². The van der Waals surface area contributed by atoms with E-state index in [1.165, 1.54) is 12.7 Å². The molecule has 1 aliphatic rings. The molecule has 1 atom stereocenters. The average Bonchev–Trinajstić information content (AvgIpc) is 2.65. The Morgan fingerprint density at radius 1 is 1.31 bits per heavy atom. The van der Waals surface area contributed by atoms with E-state index in [1.807, 2.05) is 36.4 Å². The SMILES string of the molecule is COC(=O)C1(Nc2ccc(Cl)c(Br)c2)CCCN(Cc2ccccc2)C1. The number of hydrogen-bond donors (Lipinski definition) is 1. The molecular weight excluding hydrogens is 416 g/mol. The first-order chi connectivity index (χ1) is 12.5. The fourth-order valence-electron chi connectivity index (χ4n) is 3.49. The van der Waals surface area contributed by atoms with Gasteiger partial charge in [-0.2, -0.15) is 0 Å². The summed E-state index contributed by atoms with van der Waals surface area (Å²) < 4.78 is 5.94. The molecule has 4 nitrogen and oxygen atoms in total. The molecule has 2 aromatic carbocycles. The molecule has 1 N–H and O–H groups in total. The monoisotopic (exact) mass is 436 g/mol. The smallest absolute Gasteiger partial charge is 0.332 e. The summed E-state index contributed by atoms with van der Waals surface area (Å²) in [4.78, 5) is 15.0. The van der Waals surface area contributed by atoms with Gasteiger partial charge in [0.1, 0.15) is 5.54 Å². The van der Waals surface area contributed by atoms with Crippen LogP contribution in [-0.2, 0) is 16.1 Å². The summed E-state index contributed by atoms with van der Waals surface area (Å²) >= 11 is 9.53. The van der Waals surface area contributed by atoms with Crippen LogP contribution in [-0.4, -0.2) is 36.6 Å². The van der Waals surface area contributed by atoms with Crippen LogP contribution < -0.4 is 5.32 Å². The molecule has 0 radical (unpaired) electrons. The first-order valence-electron chi connectivity index (χ1n) is 8.60. The van der Waals surface area contributed by atoms with Gasteiger partial charge in [0.2, 0.25) is 0 Å². The molecule has 0 amide bonds. The number of nitrogens with zero attached hydrogens (tertiary/aromatic N) is 1. The standard InChI is InChI=1S/C20H22BrClN2O2/c1-26-19(25)20(23-16-8-9-18(22)17(21)12-16)10-5-11-24(14-20)13-15-6-3-2-4-7-15/h2-4,6-9,12,23H,5,10-11,13-14H2,1H3. The van der Waals surface area contributed by atoms with Crippen molar-refractivity contribution in [2.75, 3.05) is 25.5 Å². The summed E-state index contributed by atoms with van der Waals surface area (Å²) in [5.41, 5.74) is 1.31. The van der Waals surface area contributed by atoms with E-state index >= 15 is 0 Å². The quantitative estimate of drug-likeness (QED) is 0.687. The summed E-state index contributed by atoms with van der Waals surface area (Å²) in [5.74, 6) is -0.235. The van der Waals surface area contributed by atoms with Crippen LogP contribution in [0.5, 0.6) is 0 Å². The van der Waals surface area contributed by atoms with Crippen molar-refractivity contribution in [2.45, 2.75) is 24.9 Å². The number of hydrogen-bond acceptors (Lipinski definition) is 4. The number of esters is 1. The lowest BCUT2D eigenvalue weighted by atomic mass is 9.88. The molecule has 1 aliphatic heterocycles. The van der Waals surface area contributed by atoms with Crippen LogP contribution in [0, 0.1) is 0 Å². The van der Waals surface area contributed by atoms with E-state index in [0.717, 1.165) is 36.1 Å². The zero-order valence-electron chi connectivity index (χ0n) is 14.7. The zero-order chi connectivity index (χ0) is 18.6. The van der Waals surface area contributed by atoms with E-state index in [4.69, 9.17) is 16.3 Å². The molecule has 1 unspecified atom stereocenters. The maximum Gasteiger partial charge on any atom is 0.332 e. The third-order valence-electron chi connectivity index (χ3n) is 4.70. The number of anilines is 1. The molecule has 1 heterocycles. The van der Waals surface area contributed by atoms with Gasteiger partial charge >= 0.3 is 5.97 Å². The highest BCUT2D eigenvalue weighted by Gasteiger charge is 2.43. The normalized spacial score (nSPS) is 20.6. The third kappa shape index (κ3) is 4.40. The summed E-state index contributed by atoms with van der Waals surface area (Å²) in [7, 11) is 1.44. The van der Waals surface area contributed by atoms with Crippen molar-refractivity contribution in [3.8, 4) is 0 Å². The number of halogens is 2. The van der Waals surface area contributed by atoms with Gasteiger partial charge in [-0.1, -0.05) is 41.9 Å². The lowest BCUT2D eigenvalue weighted by molar-refractivity contribution is -0.148. The number of nitrogens with one attached hydrogen (secondary N) is 1. The maximum atomic E-state index is 12.7. The molecule has 0 aromatic heterocycles. The molecule has 3 rings (SSSR count). The van der Waals surface area contributed by atoms with Gasteiger partial charge in [-0.3, -0.25) is 4.90 Å². The van der Waals surface area contributed by atoms with Crippen LogP contribution in [0.25, 0.3) is 0 Å². The van der Waals surface area contributed by atoms with E-state index in [1.54, 1.807) is 0 Å². The van der Waals surface area contributed by atoms with Crippen molar-refractivity contribution in [3.63, 3.8) is 0 Å². The van der Waals surface area contributed by atoms with E-state index in [0.29, 0.717) is 11.6 Å². The molecule has 0 bridgehead atoms. The topological polar surface area (TPSA) is 41.6 Å². The van der Waals surface area contributed by atoms with Gasteiger partial charge in [-0.15, -0.1) is 0 Å². The Morgan fingerprint density at radius 2 is 2.08 bits per heavy atom. The van der Waals surface area contributed by atoms with Crippen molar-refractivity contribution < 1.29 is 9.53 Å². The second-order valence-electron chi connectivity index (χ2n) is 6.63. The van der Waals surface area contributed by atoms with Crippen LogP contribution in [0.3, 0.4) is 0 Å². The number of methoxy groups -OCH3 is 1. The largest absolute Gasteiger partial charge is 0.467 e. The highest BCUT2D eigenvalue weighted by Crippen LogP contribution is 2.31. The van der Waals surface area contributed by atoms with Crippen molar-refractivity contribution >= 4 is 39.2 Å². The molecule has 26 heavy (non-hydrogen) atoms. The molecule has 0 spiro atoms. The Bertz CT molecular complexity index is 772. The number of piperidine rings is 1. The third-order valence-corrected chi connectivity index (χ3v) is 5.91. The Balaban J connectivity index is 1.82. The molecule has 2 aromatic rings. The van der Waals surface area contributed by atoms with E-state index in [9.17, 15) is 4.79 Å². The van der Waals surface area contributed by atoms with Crippen LogP contribution in [0.15, 0.2) is 53.0 Å². The second kappa shape index (κ2) is 8.42. The van der Waals surface area contributed by atoms with Crippen molar-refractivity contribution in [3.05, 3.63) is 63.6 Å². The van der Waals surface area contributed by atoms with Gasteiger partial charge in [0.25, 0.3) is 0 Å². The predicted molar refractivity (Wildman–Crippen MR) is 108 cm³/mol. The molecule has 6 heteroatoms. The predicted octanol–water partition coefficient (Wildman–Crippen LogP) is 4.72. The minimum Gasteiger partial charge on any atom is -0.467 e. The molecule has 1 saturated heterocycles. The number of carbonyl (C=O) groups is 1. The lowest BCUT2D eigenvalue weighted by Crippen LogP contribution is -2.58. The number of rotatable bonds is 5. The number of ether oxygens (including phenoxy) is 1. The molecule has 138 valence electrons. The summed E-state index contributed by atoms with van der Waals surface area (Å²) in [5, 5.41) is 4.06. The molecule has 0 aliphatic carbocycles. The van der Waals surface area contributed by atoms with Gasteiger partial charge in [-0.05, 0) is 59.1 Å². The number of benzene rings is 2. The maximum absolute atomic E-state index is 12.7. The van der Waals surface area contributed by atoms with E-state index < -0.39 is 5.54 Å². The first-order valence-corrected chi connectivity index (χ1v) is 9.77. The lowest BCUT2D eigenvalue weighted by Gasteiger charge is -2.41. The van der Waals surface area contributed by atoms with E-state index in [2.05, 4.69) is 38.3 Å². The van der Waals surface area contributed by atoms with Gasteiger partial charge in [-0.25, -0.2) is 4.79 Å². The van der Waals surface area contributed by atoms with Crippen LogP contribution in [0.4, 0.5) is 5.69 Å². The molecular formula is C20H22BrClN2O2. The van der Waals surface area contributed by atoms with Gasteiger partial charge in [0.05, 0.1) is 12.1 Å². The summed E-state index contributed by atoms with van der Waals surface area (Å²) in [6.07, 6.45) is 1.65. The Morgan fingerprint density at radius 3 is 2.77 bits per heavy atom. The van der Waals surface area contributed by atoms with E-state index in [-0.39, 0.29) is 5.97 Å². The van der Waals surface area contributed by atoms with Gasteiger partial charge < -0.3 is 10.1 Å². The first kappa shape index (κ1) is 19.2. The van der Waals surface area contributed by atoms with Crippen molar-refractivity contribution in [1.29, 1.82) is 0 Å². The minimum absolute atomic E-state index is 0.235. The minimum atomic E-state index is -0.769. The van der Waals surface area contributed by atoms with Crippen molar-refractivity contribution in [1.82, 2.24) is 4.90 Å². The van der Waals surface area contributed by atoms with Crippen LogP contribution in [0.2, 0.25) is 5.02 Å². The highest BCUT2D eigenvalue weighted by molar-refractivity contribution is 9.10. The fraction of sp³-hybridized carbons (Fsp3) is 0.350. The van der Waals surface area contributed by atoms with Gasteiger partial charge in [0, 0.05) is 23.2 Å². The number of likely N-dealkylation sites (tertiary alicyclic amines) is 1. The van der Waals surface area contributed by atoms with Crippen LogP contribution in [0.1, 0.15) is 18.4 Å². The van der Waals surface area contributed by atoms with Crippen molar-refractivity contribution in [2.24, 2.45) is 0 Å².